The summed E-state index contributed by atoms with van der Waals surface area (Å²) in [5.41, 5.74) is 2.43. The van der Waals surface area contributed by atoms with Gasteiger partial charge in [-0.3, -0.25) is 14.4 Å². The number of amides is 3. The highest BCUT2D eigenvalue weighted by Crippen LogP contribution is 2.15. The highest BCUT2D eigenvalue weighted by molar-refractivity contribution is 6.08. The van der Waals surface area contributed by atoms with Crippen LogP contribution in [-0.4, -0.2) is 30.4 Å². The first-order valence-corrected chi connectivity index (χ1v) is 9.57. The second kappa shape index (κ2) is 9.56. The van der Waals surface area contributed by atoms with Crippen LogP contribution in [0.15, 0.2) is 60.3 Å². The van der Waals surface area contributed by atoms with E-state index in [-0.39, 0.29) is 23.4 Å². The number of carbonyl (C=O) groups excluding carboxylic acids is 3. The van der Waals surface area contributed by atoms with Crippen LogP contribution in [0.25, 0.3) is 12.2 Å². The Hall–Kier alpha value is -3.87. The van der Waals surface area contributed by atoms with Crippen LogP contribution >= 0.6 is 0 Å². The van der Waals surface area contributed by atoms with Gasteiger partial charge in [0, 0.05) is 12.6 Å². The highest BCUT2D eigenvalue weighted by atomic mass is 16.5. The lowest BCUT2D eigenvalue weighted by molar-refractivity contribution is -0.129. The number of nitrogens with one attached hydrogen (secondary N) is 3. The number of anilines is 1. The summed E-state index contributed by atoms with van der Waals surface area (Å²) in [4.78, 5) is 35.9. The van der Waals surface area contributed by atoms with Gasteiger partial charge in [0.05, 0.1) is 6.61 Å². The Morgan fingerprint density at radius 1 is 1.07 bits per heavy atom. The van der Waals surface area contributed by atoms with Gasteiger partial charge in [-0.15, -0.1) is 0 Å². The Kier molecular flexibility index (Phi) is 6.64. The molecule has 0 aromatic heterocycles. The molecule has 1 unspecified atom stereocenters. The minimum absolute atomic E-state index is 0.163. The fourth-order valence-electron chi connectivity index (χ4n) is 2.87. The molecule has 0 bridgehead atoms. The molecule has 0 aliphatic carbocycles. The van der Waals surface area contributed by atoms with Crippen molar-refractivity contribution in [3.05, 3.63) is 71.4 Å². The number of piperazine rings is 1. The lowest BCUT2D eigenvalue weighted by atomic mass is 10.1. The molecule has 1 aliphatic heterocycles. The van der Waals surface area contributed by atoms with Gasteiger partial charge in [0.15, 0.2) is 0 Å². The van der Waals surface area contributed by atoms with E-state index in [1.165, 1.54) is 6.92 Å². The van der Waals surface area contributed by atoms with Crippen LogP contribution in [0.1, 0.15) is 25.0 Å². The van der Waals surface area contributed by atoms with Crippen molar-refractivity contribution in [3.63, 3.8) is 0 Å². The van der Waals surface area contributed by atoms with Gasteiger partial charge < -0.3 is 20.7 Å². The summed E-state index contributed by atoms with van der Waals surface area (Å²) >= 11 is 0. The van der Waals surface area contributed by atoms with E-state index in [0.717, 1.165) is 16.9 Å². The Labute approximate surface area is 174 Å². The fourth-order valence-corrected chi connectivity index (χ4v) is 2.87. The number of rotatable bonds is 6. The molecule has 2 aromatic carbocycles. The average Bonchev–Trinajstić information content (AvgIpc) is 2.72. The molecule has 0 radical (unpaired) electrons. The normalized spacial score (nSPS) is 17.5. The summed E-state index contributed by atoms with van der Waals surface area (Å²) in [5, 5.41) is 8.00. The summed E-state index contributed by atoms with van der Waals surface area (Å²) in [6.45, 7) is 3.94. The van der Waals surface area contributed by atoms with Crippen LogP contribution in [0.2, 0.25) is 0 Å². The first-order valence-electron chi connectivity index (χ1n) is 9.57. The average molecular weight is 405 g/mol. The molecule has 1 aliphatic rings. The predicted octanol–water partition coefficient (Wildman–Crippen LogP) is 2.71. The maximum atomic E-state index is 12.4. The molecule has 0 spiro atoms. The van der Waals surface area contributed by atoms with Crippen molar-refractivity contribution in [2.45, 2.75) is 19.9 Å². The molecular formula is C23H23N3O4. The molecular weight excluding hydrogens is 382 g/mol. The SMILES string of the molecule is CCOc1ccc(C=CC2NC(=O)C(=Cc3ccc(NC(C)=O)cc3)NC2=O)cc1. The maximum Gasteiger partial charge on any atom is 0.268 e. The van der Waals surface area contributed by atoms with Crippen LogP contribution < -0.4 is 20.7 Å². The number of carbonyl (C=O) groups is 3. The monoisotopic (exact) mass is 405 g/mol. The molecule has 0 saturated carbocycles. The third-order valence-corrected chi connectivity index (χ3v) is 4.29. The summed E-state index contributed by atoms with van der Waals surface area (Å²) in [7, 11) is 0. The third kappa shape index (κ3) is 5.57. The van der Waals surface area contributed by atoms with Crippen LogP contribution in [0.5, 0.6) is 5.75 Å². The molecule has 2 aromatic rings. The molecule has 3 rings (SSSR count). The molecule has 3 amide bonds. The Morgan fingerprint density at radius 3 is 2.37 bits per heavy atom. The smallest absolute Gasteiger partial charge is 0.268 e. The standard InChI is InChI=1S/C23H23N3O4/c1-3-30-19-11-6-16(7-12-19)8-13-20-22(28)26-21(23(29)25-20)14-17-4-9-18(10-5-17)24-15(2)27/h4-14,20H,3H2,1-2H3,(H,24,27)(H,25,29)(H,26,28). The van der Waals surface area contributed by atoms with Crippen LogP contribution in [-0.2, 0) is 14.4 Å². The molecule has 1 fully saturated rings. The molecule has 1 atom stereocenters. The lowest BCUT2D eigenvalue weighted by Crippen LogP contribution is -2.53. The second-order valence-corrected chi connectivity index (χ2v) is 6.66. The minimum atomic E-state index is -0.761. The third-order valence-electron chi connectivity index (χ3n) is 4.29. The second-order valence-electron chi connectivity index (χ2n) is 6.66. The van der Waals surface area contributed by atoms with Crippen LogP contribution in [0.3, 0.4) is 0 Å². The van der Waals surface area contributed by atoms with Gasteiger partial charge >= 0.3 is 0 Å². The van der Waals surface area contributed by atoms with E-state index >= 15 is 0 Å². The van der Waals surface area contributed by atoms with Gasteiger partial charge in [-0.2, -0.15) is 0 Å². The van der Waals surface area contributed by atoms with Gasteiger partial charge in [-0.05, 0) is 48.4 Å². The summed E-state index contributed by atoms with van der Waals surface area (Å²) in [6.07, 6.45) is 4.99. The van der Waals surface area contributed by atoms with Gasteiger partial charge in [-0.25, -0.2) is 0 Å². The van der Waals surface area contributed by atoms with E-state index in [4.69, 9.17) is 4.74 Å². The van der Waals surface area contributed by atoms with Crippen molar-refractivity contribution in [1.82, 2.24) is 10.6 Å². The van der Waals surface area contributed by atoms with Crippen molar-refractivity contribution in [2.24, 2.45) is 0 Å². The molecule has 1 heterocycles. The van der Waals surface area contributed by atoms with Gasteiger partial charge in [0.2, 0.25) is 5.91 Å². The number of benzene rings is 2. The largest absolute Gasteiger partial charge is 0.494 e. The minimum Gasteiger partial charge on any atom is -0.494 e. The number of hydrogen-bond donors (Lipinski definition) is 3. The maximum absolute atomic E-state index is 12.4. The lowest BCUT2D eigenvalue weighted by Gasteiger charge is -2.23. The molecule has 7 heteroatoms. The zero-order valence-electron chi connectivity index (χ0n) is 16.8. The summed E-state index contributed by atoms with van der Waals surface area (Å²) < 4.78 is 5.40. The van der Waals surface area contributed by atoms with E-state index in [1.54, 1.807) is 42.5 Å². The molecule has 154 valence electrons. The Bertz CT molecular complexity index is 992. The van der Waals surface area contributed by atoms with E-state index in [0.29, 0.717) is 12.3 Å². The van der Waals surface area contributed by atoms with E-state index in [2.05, 4.69) is 16.0 Å². The zero-order chi connectivity index (χ0) is 21.5. The van der Waals surface area contributed by atoms with Crippen LogP contribution in [0.4, 0.5) is 5.69 Å². The summed E-state index contributed by atoms with van der Waals surface area (Å²) in [5.74, 6) is -0.0811. The summed E-state index contributed by atoms with van der Waals surface area (Å²) in [6, 6.07) is 13.6. The first kappa shape index (κ1) is 20.9. The van der Waals surface area contributed by atoms with Crippen molar-refractivity contribution < 1.29 is 19.1 Å². The van der Waals surface area contributed by atoms with Gasteiger partial charge in [-0.1, -0.05) is 36.4 Å². The number of ether oxygens (including phenoxy) is 1. The molecule has 3 N–H and O–H groups in total. The fraction of sp³-hybridized carbons (Fsp3) is 0.174. The van der Waals surface area contributed by atoms with E-state index in [1.807, 2.05) is 31.2 Å². The van der Waals surface area contributed by atoms with Crippen molar-refractivity contribution in [1.29, 1.82) is 0 Å². The topological polar surface area (TPSA) is 96.5 Å². The number of hydrogen-bond acceptors (Lipinski definition) is 4. The molecule has 1 saturated heterocycles. The van der Waals surface area contributed by atoms with E-state index in [9.17, 15) is 14.4 Å². The Balaban J connectivity index is 1.64. The van der Waals surface area contributed by atoms with E-state index < -0.39 is 6.04 Å². The van der Waals surface area contributed by atoms with Crippen molar-refractivity contribution in [3.8, 4) is 5.75 Å². The quantitative estimate of drug-likeness (QED) is 0.644. The predicted molar refractivity (Wildman–Crippen MR) is 115 cm³/mol. The van der Waals surface area contributed by atoms with Crippen molar-refractivity contribution in [2.75, 3.05) is 11.9 Å². The first-order chi connectivity index (χ1) is 14.4. The van der Waals surface area contributed by atoms with Gasteiger partial charge in [0.25, 0.3) is 11.8 Å². The van der Waals surface area contributed by atoms with Gasteiger partial charge in [0.1, 0.15) is 17.5 Å². The highest BCUT2D eigenvalue weighted by Gasteiger charge is 2.27. The molecule has 30 heavy (non-hydrogen) atoms. The van der Waals surface area contributed by atoms with Crippen LogP contribution in [0, 0.1) is 0 Å². The Morgan fingerprint density at radius 2 is 1.73 bits per heavy atom. The zero-order valence-corrected chi connectivity index (χ0v) is 16.8. The van der Waals surface area contributed by atoms with Crippen molar-refractivity contribution >= 4 is 35.6 Å². The molecule has 7 nitrogen and oxygen atoms in total.